The van der Waals surface area contributed by atoms with Gasteiger partial charge in [0, 0.05) is 5.56 Å². The van der Waals surface area contributed by atoms with Gasteiger partial charge in [0.25, 0.3) is 0 Å². The van der Waals surface area contributed by atoms with E-state index in [-0.39, 0.29) is 12.1 Å². The molecule has 0 amide bonds. The minimum atomic E-state index is -0.792. The van der Waals surface area contributed by atoms with Gasteiger partial charge < -0.3 is 10.4 Å². The SMILES string of the molecule is ON1C(c2ccccc2F)N(O)[C@@H]2CCCC[C@H]21. The van der Waals surface area contributed by atoms with Gasteiger partial charge in [0.2, 0.25) is 0 Å². The van der Waals surface area contributed by atoms with Crippen molar-refractivity contribution in [1.29, 1.82) is 0 Å². The molecule has 5 heteroatoms. The van der Waals surface area contributed by atoms with E-state index in [0.29, 0.717) is 5.56 Å². The van der Waals surface area contributed by atoms with Gasteiger partial charge in [0.1, 0.15) is 12.0 Å². The lowest BCUT2D eigenvalue weighted by atomic mass is 9.91. The normalized spacial score (nSPS) is 30.6. The van der Waals surface area contributed by atoms with Crippen molar-refractivity contribution in [3.05, 3.63) is 35.6 Å². The summed E-state index contributed by atoms with van der Waals surface area (Å²) in [5, 5.41) is 22.6. The molecule has 0 unspecified atom stereocenters. The second-order valence-electron chi connectivity index (χ2n) is 5.07. The number of fused-ring (bicyclic) bond motifs is 1. The molecule has 1 aliphatic heterocycles. The summed E-state index contributed by atoms with van der Waals surface area (Å²) in [6.07, 6.45) is 2.96. The number of rotatable bonds is 1. The van der Waals surface area contributed by atoms with Crippen LogP contribution in [0.2, 0.25) is 0 Å². The molecule has 98 valence electrons. The van der Waals surface area contributed by atoms with Crippen LogP contribution in [0, 0.1) is 5.82 Å². The smallest absolute Gasteiger partial charge is 0.139 e. The van der Waals surface area contributed by atoms with E-state index in [4.69, 9.17) is 0 Å². The highest BCUT2D eigenvalue weighted by molar-refractivity contribution is 5.22. The second-order valence-corrected chi connectivity index (χ2v) is 5.07. The van der Waals surface area contributed by atoms with Crippen molar-refractivity contribution in [2.45, 2.75) is 43.9 Å². The number of hydrogen-bond acceptors (Lipinski definition) is 4. The van der Waals surface area contributed by atoms with Crippen LogP contribution in [0.15, 0.2) is 24.3 Å². The Balaban J connectivity index is 1.95. The van der Waals surface area contributed by atoms with Crippen LogP contribution < -0.4 is 0 Å². The fraction of sp³-hybridized carbons (Fsp3) is 0.538. The Bertz CT molecular complexity index is 425. The molecule has 2 N–H and O–H groups in total. The maximum absolute atomic E-state index is 13.8. The fourth-order valence-corrected chi connectivity index (χ4v) is 3.16. The zero-order valence-corrected chi connectivity index (χ0v) is 10.0. The highest BCUT2D eigenvalue weighted by Gasteiger charge is 2.48. The molecular weight excluding hydrogens is 235 g/mol. The minimum absolute atomic E-state index is 0.103. The average Bonchev–Trinajstić information content (AvgIpc) is 2.64. The lowest BCUT2D eigenvalue weighted by Gasteiger charge is -2.27. The van der Waals surface area contributed by atoms with Gasteiger partial charge in [-0.25, -0.2) is 4.39 Å². The molecule has 0 radical (unpaired) electrons. The quantitative estimate of drug-likeness (QED) is 0.806. The molecule has 18 heavy (non-hydrogen) atoms. The predicted octanol–water partition coefficient (Wildman–Crippen LogP) is 2.53. The Morgan fingerprint density at radius 3 is 2.11 bits per heavy atom. The maximum Gasteiger partial charge on any atom is 0.139 e. The molecule has 1 aromatic rings. The first kappa shape index (κ1) is 12.0. The zero-order valence-electron chi connectivity index (χ0n) is 10.0. The van der Waals surface area contributed by atoms with Gasteiger partial charge in [-0.15, -0.1) is 0 Å². The summed E-state index contributed by atoms with van der Waals surface area (Å²) < 4.78 is 13.8. The van der Waals surface area contributed by atoms with Crippen molar-refractivity contribution in [3.63, 3.8) is 0 Å². The van der Waals surface area contributed by atoms with E-state index in [2.05, 4.69) is 0 Å². The molecule has 2 aliphatic rings. The molecule has 2 atom stereocenters. The third-order valence-corrected chi connectivity index (χ3v) is 4.06. The lowest BCUT2D eigenvalue weighted by Crippen LogP contribution is -2.37. The maximum atomic E-state index is 13.8. The number of hydrogen-bond donors (Lipinski definition) is 2. The Morgan fingerprint density at radius 1 is 1.00 bits per heavy atom. The number of halogens is 1. The van der Waals surface area contributed by atoms with Crippen LogP contribution in [0.5, 0.6) is 0 Å². The van der Waals surface area contributed by atoms with E-state index in [1.165, 1.54) is 6.07 Å². The van der Waals surface area contributed by atoms with Crippen LogP contribution >= 0.6 is 0 Å². The number of benzene rings is 1. The topological polar surface area (TPSA) is 46.9 Å². The molecule has 1 heterocycles. The Kier molecular flexibility index (Phi) is 3.07. The van der Waals surface area contributed by atoms with E-state index in [1.807, 2.05) is 0 Å². The van der Waals surface area contributed by atoms with E-state index < -0.39 is 12.0 Å². The van der Waals surface area contributed by atoms with E-state index in [0.717, 1.165) is 35.8 Å². The van der Waals surface area contributed by atoms with E-state index in [9.17, 15) is 14.8 Å². The summed E-state index contributed by atoms with van der Waals surface area (Å²) >= 11 is 0. The van der Waals surface area contributed by atoms with Crippen LogP contribution in [0.3, 0.4) is 0 Å². The third kappa shape index (κ3) is 1.75. The average molecular weight is 252 g/mol. The Labute approximate surface area is 105 Å². The van der Waals surface area contributed by atoms with Gasteiger partial charge >= 0.3 is 0 Å². The van der Waals surface area contributed by atoms with Crippen LogP contribution in [0.4, 0.5) is 4.39 Å². The van der Waals surface area contributed by atoms with Crippen LogP contribution in [-0.2, 0) is 0 Å². The highest BCUT2D eigenvalue weighted by atomic mass is 19.1. The number of hydroxylamine groups is 4. The molecule has 1 saturated heterocycles. The van der Waals surface area contributed by atoms with Crippen molar-refractivity contribution in [2.75, 3.05) is 0 Å². The molecule has 0 bridgehead atoms. The van der Waals surface area contributed by atoms with Gasteiger partial charge in [-0.2, -0.15) is 10.1 Å². The largest absolute Gasteiger partial charge is 0.312 e. The third-order valence-electron chi connectivity index (χ3n) is 4.06. The molecule has 1 aliphatic carbocycles. The molecule has 3 rings (SSSR count). The summed E-state index contributed by atoms with van der Waals surface area (Å²) in [7, 11) is 0. The molecule has 2 fully saturated rings. The molecule has 0 spiro atoms. The van der Waals surface area contributed by atoms with Crippen LogP contribution in [-0.4, -0.2) is 32.6 Å². The summed E-state index contributed by atoms with van der Waals surface area (Å²) in [4.78, 5) is 0. The number of nitrogens with zero attached hydrogens (tertiary/aromatic N) is 2. The first-order chi connectivity index (χ1) is 8.70. The molecule has 1 aromatic carbocycles. The second kappa shape index (κ2) is 4.59. The zero-order chi connectivity index (χ0) is 12.7. The van der Waals surface area contributed by atoms with Gasteiger partial charge in [0.05, 0.1) is 12.1 Å². The summed E-state index contributed by atoms with van der Waals surface area (Å²) in [5.41, 5.74) is 0.317. The summed E-state index contributed by atoms with van der Waals surface area (Å²) in [5.74, 6) is -0.403. The van der Waals surface area contributed by atoms with Gasteiger partial charge in [0.15, 0.2) is 0 Å². The lowest BCUT2D eigenvalue weighted by molar-refractivity contribution is -0.212. The molecule has 1 saturated carbocycles. The summed E-state index contributed by atoms with van der Waals surface area (Å²) in [6.45, 7) is 0. The minimum Gasteiger partial charge on any atom is -0.312 e. The van der Waals surface area contributed by atoms with E-state index >= 15 is 0 Å². The van der Waals surface area contributed by atoms with Crippen molar-refractivity contribution >= 4 is 0 Å². The monoisotopic (exact) mass is 252 g/mol. The molecule has 0 aromatic heterocycles. The Morgan fingerprint density at radius 2 is 1.56 bits per heavy atom. The first-order valence-electron chi connectivity index (χ1n) is 6.39. The van der Waals surface area contributed by atoms with Gasteiger partial charge in [-0.1, -0.05) is 31.0 Å². The first-order valence-corrected chi connectivity index (χ1v) is 6.39. The predicted molar refractivity (Wildman–Crippen MR) is 62.4 cm³/mol. The molecular formula is C13H17FN2O2. The van der Waals surface area contributed by atoms with Gasteiger partial charge in [-0.3, -0.25) is 0 Å². The van der Waals surface area contributed by atoms with Crippen molar-refractivity contribution in [3.8, 4) is 0 Å². The summed E-state index contributed by atoms with van der Waals surface area (Å²) in [6, 6.07) is 6.05. The fourth-order valence-electron chi connectivity index (χ4n) is 3.16. The highest BCUT2D eigenvalue weighted by Crippen LogP contribution is 2.41. The Hall–Kier alpha value is -1.01. The molecule has 4 nitrogen and oxygen atoms in total. The van der Waals surface area contributed by atoms with Crippen molar-refractivity contribution < 1.29 is 14.8 Å². The standard InChI is InChI=1S/C13H17FN2O2/c14-10-6-2-1-5-9(10)13-15(17)11-7-3-4-8-12(11)16(13)18/h1-2,5-6,11-13,17-18H,3-4,7-8H2/t11-,12-/m1/s1. The van der Waals surface area contributed by atoms with Crippen LogP contribution in [0.25, 0.3) is 0 Å². The van der Waals surface area contributed by atoms with E-state index in [1.54, 1.807) is 18.2 Å². The van der Waals surface area contributed by atoms with Gasteiger partial charge in [-0.05, 0) is 18.9 Å². The van der Waals surface area contributed by atoms with Crippen LogP contribution in [0.1, 0.15) is 37.4 Å². The van der Waals surface area contributed by atoms with Crippen molar-refractivity contribution in [2.24, 2.45) is 0 Å². The van der Waals surface area contributed by atoms with Crippen molar-refractivity contribution in [1.82, 2.24) is 10.1 Å².